The highest BCUT2D eigenvalue weighted by Gasteiger charge is 2.16. The lowest BCUT2D eigenvalue weighted by Gasteiger charge is -2.19. The van der Waals surface area contributed by atoms with Crippen molar-refractivity contribution in [1.29, 1.82) is 0 Å². The van der Waals surface area contributed by atoms with E-state index in [0.717, 1.165) is 6.07 Å². The standard InChI is InChI=1S/C11H13ClFNO2/c1-11(2,3)16-10(15)14-9-5-4-7(13)6-8(9)12/h4-6H,1-3H3,(H,14,15). The largest absolute Gasteiger partial charge is 0.444 e. The minimum atomic E-state index is -0.624. The fourth-order valence-corrected chi connectivity index (χ4v) is 1.22. The first-order chi connectivity index (χ1) is 7.28. The molecule has 1 amide bonds. The molecule has 0 fully saturated rings. The Morgan fingerprint density at radius 3 is 2.56 bits per heavy atom. The maximum absolute atomic E-state index is 12.7. The molecule has 0 radical (unpaired) electrons. The summed E-state index contributed by atoms with van der Waals surface area (Å²) in [4.78, 5) is 11.4. The van der Waals surface area contributed by atoms with Crippen molar-refractivity contribution in [3.05, 3.63) is 29.0 Å². The van der Waals surface area contributed by atoms with E-state index in [2.05, 4.69) is 5.32 Å². The minimum absolute atomic E-state index is 0.130. The van der Waals surface area contributed by atoms with Gasteiger partial charge in [0.1, 0.15) is 11.4 Å². The minimum Gasteiger partial charge on any atom is -0.444 e. The number of rotatable bonds is 1. The van der Waals surface area contributed by atoms with E-state index in [0.29, 0.717) is 5.69 Å². The molecular weight excluding hydrogens is 233 g/mol. The molecular formula is C11H13ClFNO2. The Bertz CT molecular complexity index is 401. The predicted molar refractivity (Wildman–Crippen MR) is 61.3 cm³/mol. The van der Waals surface area contributed by atoms with E-state index < -0.39 is 17.5 Å². The number of amides is 1. The van der Waals surface area contributed by atoms with Gasteiger partial charge < -0.3 is 4.74 Å². The lowest BCUT2D eigenvalue weighted by Crippen LogP contribution is -2.27. The highest BCUT2D eigenvalue weighted by atomic mass is 35.5. The molecule has 16 heavy (non-hydrogen) atoms. The first kappa shape index (κ1) is 12.8. The Morgan fingerprint density at radius 1 is 1.44 bits per heavy atom. The van der Waals surface area contributed by atoms with Gasteiger partial charge in [-0.25, -0.2) is 9.18 Å². The van der Waals surface area contributed by atoms with Crippen LogP contribution in [0.25, 0.3) is 0 Å². The smallest absolute Gasteiger partial charge is 0.412 e. The van der Waals surface area contributed by atoms with Crippen molar-refractivity contribution in [3.63, 3.8) is 0 Å². The van der Waals surface area contributed by atoms with Gasteiger partial charge in [-0.05, 0) is 39.0 Å². The number of halogens is 2. The molecule has 0 unspecified atom stereocenters. The van der Waals surface area contributed by atoms with Crippen LogP contribution in [0, 0.1) is 5.82 Å². The summed E-state index contributed by atoms with van der Waals surface area (Å²) in [6.45, 7) is 5.25. The van der Waals surface area contributed by atoms with Gasteiger partial charge in [-0.3, -0.25) is 5.32 Å². The van der Waals surface area contributed by atoms with Gasteiger partial charge in [0.25, 0.3) is 0 Å². The maximum atomic E-state index is 12.7. The molecule has 1 aromatic rings. The second kappa shape index (κ2) is 4.70. The molecule has 0 aliphatic carbocycles. The van der Waals surface area contributed by atoms with Crippen molar-refractivity contribution in [2.45, 2.75) is 26.4 Å². The number of carbonyl (C=O) groups is 1. The molecule has 88 valence electrons. The van der Waals surface area contributed by atoms with Crippen molar-refractivity contribution in [2.24, 2.45) is 0 Å². The maximum Gasteiger partial charge on any atom is 0.412 e. The average molecular weight is 246 g/mol. The van der Waals surface area contributed by atoms with Gasteiger partial charge in [0.2, 0.25) is 0 Å². The zero-order chi connectivity index (χ0) is 12.3. The molecule has 5 heteroatoms. The van der Waals surface area contributed by atoms with Crippen LogP contribution < -0.4 is 5.32 Å². The molecule has 1 N–H and O–H groups in total. The van der Waals surface area contributed by atoms with Crippen molar-refractivity contribution >= 4 is 23.4 Å². The van der Waals surface area contributed by atoms with Crippen LogP contribution in [-0.2, 0) is 4.74 Å². The Balaban J connectivity index is 2.70. The fourth-order valence-electron chi connectivity index (χ4n) is 1.00. The average Bonchev–Trinajstić information content (AvgIpc) is 2.06. The molecule has 3 nitrogen and oxygen atoms in total. The van der Waals surface area contributed by atoms with Gasteiger partial charge in [0.05, 0.1) is 10.7 Å². The quantitative estimate of drug-likeness (QED) is 0.817. The van der Waals surface area contributed by atoms with Crippen LogP contribution in [0.2, 0.25) is 5.02 Å². The molecule has 0 heterocycles. The van der Waals surface area contributed by atoms with Crippen molar-refractivity contribution < 1.29 is 13.9 Å². The molecule has 1 rings (SSSR count). The number of hydrogen-bond acceptors (Lipinski definition) is 2. The van der Waals surface area contributed by atoms with Crippen molar-refractivity contribution in [3.8, 4) is 0 Å². The van der Waals surface area contributed by atoms with Crippen LogP contribution in [0.1, 0.15) is 20.8 Å². The molecule has 1 aromatic carbocycles. The normalized spacial score (nSPS) is 11.1. The number of benzene rings is 1. The number of nitrogens with one attached hydrogen (secondary N) is 1. The second-order valence-corrected chi connectivity index (χ2v) is 4.66. The molecule has 0 aliphatic heterocycles. The third-order valence-electron chi connectivity index (χ3n) is 1.57. The zero-order valence-corrected chi connectivity index (χ0v) is 10.1. The summed E-state index contributed by atoms with van der Waals surface area (Å²) < 4.78 is 17.8. The molecule has 0 saturated carbocycles. The van der Waals surface area contributed by atoms with E-state index >= 15 is 0 Å². The van der Waals surface area contributed by atoms with E-state index in [1.807, 2.05) is 0 Å². The Labute approximate surface area is 98.5 Å². The topological polar surface area (TPSA) is 38.3 Å². The zero-order valence-electron chi connectivity index (χ0n) is 9.30. The van der Waals surface area contributed by atoms with E-state index in [1.54, 1.807) is 20.8 Å². The van der Waals surface area contributed by atoms with Crippen molar-refractivity contribution in [1.82, 2.24) is 0 Å². The van der Waals surface area contributed by atoms with E-state index in [1.165, 1.54) is 12.1 Å². The molecule has 0 aromatic heterocycles. The molecule has 0 bridgehead atoms. The summed E-state index contributed by atoms with van der Waals surface area (Å²) in [5.74, 6) is -0.459. The van der Waals surface area contributed by atoms with Gasteiger partial charge in [-0.1, -0.05) is 11.6 Å². The second-order valence-electron chi connectivity index (χ2n) is 4.25. The van der Waals surface area contributed by atoms with Crippen LogP contribution in [0.3, 0.4) is 0 Å². The molecule has 0 aliphatic rings. The molecule has 0 saturated heterocycles. The number of ether oxygens (including phenoxy) is 1. The van der Waals surface area contributed by atoms with Gasteiger partial charge in [-0.15, -0.1) is 0 Å². The first-order valence-electron chi connectivity index (χ1n) is 4.73. The Kier molecular flexibility index (Phi) is 3.75. The monoisotopic (exact) mass is 245 g/mol. The number of hydrogen-bond donors (Lipinski definition) is 1. The Morgan fingerprint density at radius 2 is 2.06 bits per heavy atom. The summed E-state index contributed by atoms with van der Waals surface area (Å²) in [6.07, 6.45) is -0.624. The summed E-state index contributed by atoms with van der Waals surface area (Å²) in [5.41, 5.74) is -0.270. The predicted octanol–water partition coefficient (Wildman–Crippen LogP) is 3.83. The van der Waals surface area contributed by atoms with Crippen LogP contribution >= 0.6 is 11.6 Å². The van der Waals surface area contributed by atoms with Crippen molar-refractivity contribution in [2.75, 3.05) is 5.32 Å². The van der Waals surface area contributed by atoms with Crippen LogP contribution in [-0.4, -0.2) is 11.7 Å². The van der Waals surface area contributed by atoms with Crippen LogP contribution in [0.5, 0.6) is 0 Å². The summed E-state index contributed by atoms with van der Waals surface area (Å²) in [6, 6.07) is 3.70. The van der Waals surface area contributed by atoms with Gasteiger partial charge >= 0.3 is 6.09 Å². The Hall–Kier alpha value is -1.29. The number of anilines is 1. The van der Waals surface area contributed by atoms with Gasteiger partial charge in [0, 0.05) is 0 Å². The summed E-state index contributed by atoms with van der Waals surface area (Å²) in [7, 11) is 0. The summed E-state index contributed by atoms with van der Waals surface area (Å²) >= 11 is 5.73. The first-order valence-corrected chi connectivity index (χ1v) is 5.11. The highest BCUT2D eigenvalue weighted by Crippen LogP contribution is 2.23. The molecule has 0 spiro atoms. The third kappa shape index (κ3) is 4.06. The van der Waals surface area contributed by atoms with Gasteiger partial charge in [0.15, 0.2) is 0 Å². The summed E-state index contributed by atoms with van der Waals surface area (Å²) in [5, 5.41) is 2.56. The highest BCUT2D eigenvalue weighted by molar-refractivity contribution is 6.33. The fraction of sp³-hybridized carbons (Fsp3) is 0.364. The third-order valence-corrected chi connectivity index (χ3v) is 1.88. The van der Waals surface area contributed by atoms with E-state index in [9.17, 15) is 9.18 Å². The van der Waals surface area contributed by atoms with Crippen LogP contribution in [0.4, 0.5) is 14.9 Å². The van der Waals surface area contributed by atoms with E-state index in [-0.39, 0.29) is 5.02 Å². The van der Waals surface area contributed by atoms with Gasteiger partial charge in [-0.2, -0.15) is 0 Å². The lowest BCUT2D eigenvalue weighted by atomic mass is 10.2. The van der Waals surface area contributed by atoms with E-state index in [4.69, 9.17) is 16.3 Å². The van der Waals surface area contributed by atoms with Crippen LogP contribution in [0.15, 0.2) is 18.2 Å². The SMILES string of the molecule is CC(C)(C)OC(=O)Nc1ccc(F)cc1Cl. The lowest BCUT2D eigenvalue weighted by molar-refractivity contribution is 0.0636. The number of carbonyl (C=O) groups excluding carboxylic acids is 1. The molecule has 0 atom stereocenters.